The fourth-order valence-corrected chi connectivity index (χ4v) is 0.331. The van der Waals surface area contributed by atoms with Gasteiger partial charge < -0.3 is 16.2 Å². The lowest BCUT2D eigenvalue weighted by molar-refractivity contribution is 0.558. The van der Waals surface area contributed by atoms with E-state index in [0.29, 0.717) is 0 Å². The first-order valence-corrected chi connectivity index (χ1v) is 2.21. The molecule has 4 N–H and O–H groups in total. The molecule has 7 heavy (non-hydrogen) atoms. The normalized spacial score (nSPS) is 7.43. The van der Waals surface area contributed by atoms with E-state index in [1.54, 1.807) is 0 Å². The first-order chi connectivity index (χ1) is 3.13. The van der Waals surface area contributed by atoms with E-state index in [2.05, 4.69) is 29.2 Å². The minimum atomic E-state index is -0.146. The average Bonchev–Trinajstić information content (AvgIpc) is 1.27. The van der Waals surface area contributed by atoms with Gasteiger partial charge in [-0.05, 0) is 24.4 Å². The minimum absolute atomic E-state index is 0.146. The summed E-state index contributed by atoms with van der Waals surface area (Å²) >= 11 is 8.52. The molecule has 0 radical (unpaired) electrons. The highest BCUT2D eigenvalue weighted by molar-refractivity contribution is 7.81. The Hall–Kier alpha value is -0.420. The number of ether oxygens (including phenoxy) is 1. The number of thiocarbonyl (C=S) groups is 2. The highest BCUT2D eigenvalue weighted by Gasteiger charge is 1.86. The third-order valence-electron chi connectivity index (χ3n) is 0.201. The molecule has 0 rings (SSSR count). The molecule has 40 valence electrons. The van der Waals surface area contributed by atoms with Gasteiger partial charge in [-0.15, -0.1) is 0 Å². The molecule has 0 amide bonds. The third kappa shape index (κ3) is 5.58. The summed E-state index contributed by atoms with van der Waals surface area (Å²) in [5.41, 5.74) is 9.67. The largest absolute Gasteiger partial charge is 0.405 e. The SMILES string of the molecule is NC(=S)OC(N)=S. The van der Waals surface area contributed by atoms with E-state index >= 15 is 0 Å². The monoisotopic (exact) mass is 136 g/mol. The van der Waals surface area contributed by atoms with Crippen molar-refractivity contribution in [1.29, 1.82) is 0 Å². The van der Waals surface area contributed by atoms with Gasteiger partial charge in [0.05, 0.1) is 0 Å². The highest BCUT2D eigenvalue weighted by Crippen LogP contribution is 1.70. The van der Waals surface area contributed by atoms with E-state index in [0.717, 1.165) is 0 Å². The van der Waals surface area contributed by atoms with Gasteiger partial charge in [0, 0.05) is 0 Å². The highest BCUT2D eigenvalue weighted by atomic mass is 32.1. The molecule has 0 unspecified atom stereocenters. The number of rotatable bonds is 0. The van der Waals surface area contributed by atoms with Crippen LogP contribution in [0.5, 0.6) is 0 Å². The molecule has 0 aliphatic carbocycles. The zero-order valence-electron chi connectivity index (χ0n) is 3.38. The van der Waals surface area contributed by atoms with Crippen molar-refractivity contribution in [1.82, 2.24) is 0 Å². The standard InChI is InChI=1S/C2H4N2OS2/c3-1(6)5-2(4)7/h(H2,3,6)(H2,4,7). The quantitative estimate of drug-likeness (QED) is 0.439. The molecular weight excluding hydrogens is 132 g/mol. The molecule has 0 aliphatic rings. The van der Waals surface area contributed by atoms with E-state index in [4.69, 9.17) is 11.5 Å². The Morgan fingerprint density at radius 1 is 1.14 bits per heavy atom. The molecular formula is C2H4N2OS2. The van der Waals surface area contributed by atoms with Crippen molar-refractivity contribution >= 4 is 34.8 Å². The second-order valence-electron chi connectivity index (χ2n) is 0.740. The van der Waals surface area contributed by atoms with Gasteiger partial charge in [-0.2, -0.15) is 0 Å². The Bertz CT molecular complexity index is 89.9. The second-order valence-corrected chi connectivity index (χ2v) is 1.54. The first kappa shape index (κ1) is 6.58. The maximum atomic E-state index is 4.84. The third-order valence-corrected chi connectivity index (χ3v) is 0.368. The zero-order valence-corrected chi connectivity index (χ0v) is 5.01. The molecule has 0 aliphatic heterocycles. The molecule has 0 heterocycles. The molecule has 0 saturated heterocycles. The summed E-state index contributed by atoms with van der Waals surface area (Å²) in [6.07, 6.45) is 0. The fraction of sp³-hybridized carbons (Fsp3) is 0. The maximum Gasteiger partial charge on any atom is 0.261 e. The first-order valence-electron chi connectivity index (χ1n) is 1.39. The summed E-state index contributed by atoms with van der Waals surface area (Å²) in [5, 5.41) is -0.292. The molecule has 5 heteroatoms. The van der Waals surface area contributed by atoms with Crippen molar-refractivity contribution in [2.75, 3.05) is 0 Å². The van der Waals surface area contributed by atoms with Gasteiger partial charge in [-0.25, -0.2) is 0 Å². The molecule has 0 aromatic carbocycles. The van der Waals surface area contributed by atoms with Gasteiger partial charge in [0.25, 0.3) is 10.3 Å². The molecule has 0 fully saturated rings. The Balaban J connectivity index is 3.32. The van der Waals surface area contributed by atoms with Gasteiger partial charge in [-0.3, -0.25) is 0 Å². The maximum absolute atomic E-state index is 4.84. The molecule has 0 aromatic rings. The molecule has 0 bridgehead atoms. The van der Waals surface area contributed by atoms with Gasteiger partial charge >= 0.3 is 0 Å². The number of hydrogen-bond donors (Lipinski definition) is 2. The van der Waals surface area contributed by atoms with Crippen LogP contribution in [-0.2, 0) is 4.74 Å². The summed E-state index contributed by atoms with van der Waals surface area (Å²) in [6.45, 7) is 0. The molecule has 0 atom stereocenters. The van der Waals surface area contributed by atoms with Crippen LogP contribution in [0, 0.1) is 0 Å². The Morgan fingerprint density at radius 3 is 1.43 bits per heavy atom. The van der Waals surface area contributed by atoms with Crippen molar-refractivity contribution < 1.29 is 4.74 Å². The van der Waals surface area contributed by atoms with Crippen molar-refractivity contribution in [2.24, 2.45) is 11.5 Å². The predicted molar refractivity (Wildman–Crippen MR) is 34.7 cm³/mol. The van der Waals surface area contributed by atoms with Crippen molar-refractivity contribution in [3.63, 3.8) is 0 Å². The van der Waals surface area contributed by atoms with Crippen LogP contribution in [0.3, 0.4) is 0 Å². The lowest BCUT2D eigenvalue weighted by atomic mass is 11.2. The predicted octanol–water partition coefficient (Wildman–Crippen LogP) is -0.510. The second kappa shape index (κ2) is 2.70. The van der Waals surface area contributed by atoms with Crippen LogP contribution < -0.4 is 11.5 Å². The zero-order chi connectivity index (χ0) is 5.86. The van der Waals surface area contributed by atoms with Gasteiger partial charge in [0.15, 0.2) is 0 Å². The van der Waals surface area contributed by atoms with E-state index in [9.17, 15) is 0 Å². The van der Waals surface area contributed by atoms with E-state index in [1.807, 2.05) is 0 Å². The average molecular weight is 136 g/mol. The summed E-state index contributed by atoms with van der Waals surface area (Å²) in [5.74, 6) is 0. The summed E-state index contributed by atoms with van der Waals surface area (Å²) in [4.78, 5) is 0. The van der Waals surface area contributed by atoms with Crippen LogP contribution in [0.4, 0.5) is 0 Å². The van der Waals surface area contributed by atoms with Crippen molar-refractivity contribution in [3.8, 4) is 0 Å². The van der Waals surface area contributed by atoms with Crippen LogP contribution in [0.1, 0.15) is 0 Å². The van der Waals surface area contributed by atoms with E-state index in [-0.39, 0.29) is 10.3 Å². The van der Waals surface area contributed by atoms with Crippen molar-refractivity contribution in [2.45, 2.75) is 0 Å². The Morgan fingerprint density at radius 2 is 1.43 bits per heavy atom. The number of hydrogen-bond acceptors (Lipinski definition) is 3. The summed E-state index contributed by atoms with van der Waals surface area (Å²) < 4.78 is 4.27. The summed E-state index contributed by atoms with van der Waals surface area (Å²) in [6, 6.07) is 0. The molecule has 0 spiro atoms. The minimum Gasteiger partial charge on any atom is -0.405 e. The van der Waals surface area contributed by atoms with E-state index < -0.39 is 0 Å². The van der Waals surface area contributed by atoms with Crippen LogP contribution in [-0.4, -0.2) is 10.3 Å². The van der Waals surface area contributed by atoms with Gasteiger partial charge in [0.1, 0.15) is 0 Å². The summed E-state index contributed by atoms with van der Waals surface area (Å²) in [7, 11) is 0. The fourth-order valence-electron chi connectivity index (χ4n) is 0.0991. The Labute approximate surface area is 51.6 Å². The van der Waals surface area contributed by atoms with Gasteiger partial charge in [0.2, 0.25) is 0 Å². The number of nitrogens with two attached hydrogens (primary N) is 2. The van der Waals surface area contributed by atoms with Gasteiger partial charge in [-0.1, -0.05) is 0 Å². The molecule has 0 aromatic heterocycles. The molecule has 0 saturated carbocycles. The van der Waals surface area contributed by atoms with Crippen LogP contribution in [0.25, 0.3) is 0 Å². The smallest absolute Gasteiger partial charge is 0.261 e. The topological polar surface area (TPSA) is 61.3 Å². The van der Waals surface area contributed by atoms with Crippen LogP contribution in [0.15, 0.2) is 0 Å². The lowest BCUT2D eigenvalue weighted by Gasteiger charge is -1.94. The lowest BCUT2D eigenvalue weighted by Crippen LogP contribution is -2.22. The van der Waals surface area contributed by atoms with Crippen LogP contribution in [0.2, 0.25) is 0 Å². The Kier molecular flexibility index (Phi) is 2.54. The van der Waals surface area contributed by atoms with E-state index in [1.165, 1.54) is 0 Å². The molecule has 3 nitrogen and oxygen atoms in total. The van der Waals surface area contributed by atoms with Crippen LogP contribution >= 0.6 is 24.4 Å². The van der Waals surface area contributed by atoms with Crippen molar-refractivity contribution in [3.05, 3.63) is 0 Å².